The van der Waals surface area contributed by atoms with Crippen LogP contribution in [0.5, 0.6) is 5.75 Å². The first-order valence-electron chi connectivity index (χ1n) is 10.4. The second-order valence-electron chi connectivity index (χ2n) is 8.47. The van der Waals surface area contributed by atoms with Crippen molar-refractivity contribution in [1.82, 2.24) is 10.7 Å². The number of halogens is 2. The van der Waals surface area contributed by atoms with Crippen LogP contribution in [0.15, 0.2) is 44.5 Å². The Hall–Kier alpha value is -1.30. The molecule has 1 fully saturated rings. The van der Waals surface area contributed by atoms with Crippen molar-refractivity contribution in [2.24, 2.45) is 14.7 Å². The molecule has 0 bridgehead atoms. The molecule has 2 aliphatic rings. The molecule has 0 spiro atoms. The summed E-state index contributed by atoms with van der Waals surface area (Å²) >= 11 is 3.07. The number of rotatable bonds is 5. The number of thiophene rings is 1. The number of phenolic OH excluding ortho intramolecular Hbond substituents is 1. The van der Waals surface area contributed by atoms with E-state index >= 15 is 0 Å². The average Bonchev–Trinajstić information content (AvgIpc) is 3.07. The van der Waals surface area contributed by atoms with E-state index in [9.17, 15) is 18.3 Å². The van der Waals surface area contributed by atoms with Gasteiger partial charge < -0.3 is 0 Å². The minimum absolute atomic E-state index is 0.0516. The summed E-state index contributed by atoms with van der Waals surface area (Å²) in [6.45, 7) is 6.17. The Kier molecular flexibility index (Phi) is 7.05. The van der Waals surface area contributed by atoms with Gasteiger partial charge in [0.05, 0.1) is 0 Å². The van der Waals surface area contributed by atoms with Crippen molar-refractivity contribution in [2.45, 2.75) is 30.9 Å². The topological polar surface area (TPSA) is 103 Å². The Morgan fingerprint density at radius 1 is 1.24 bits per heavy atom. The number of para-hydroxylation sites is 1. The van der Waals surface area contributed by atoms with Crippen molar-refractivity contribution in [3.8, 4) is 5.75 Å². The number of hydrogen-bond acceptors (Lipinski definition) is 6. The van der Waals surface area contributed by atoms with E-state index < -0.39 is 31.7 Å². The van der Waals surface area contributed by atoms with Gasteiger partial charge in [-0.05, 0) is 0 Å². The fourth-order valence-corrected chi connectivity index (χ4v) is 10.5. The summed E-state index contributed by atoms with van der Waals surface area (Å²) in [7, 11) is -0.827. The Labute approximate surface area is 228 Å². The van der Waals surface area contributed by atoms with Crippen molar-refractivity contribution in [3.63, 3.8) is 0 Å². The molecule has 1 unspecified atom stereocenters. The molecule has 3 atom stereocenters. The molecule has 9 nitrogen and oxygen atoms in total. The molecule has 1 N–H and O–H groups in total. The van der Waals surface area contributed by atoms with E-state index in [1.807, 2.05) is 27.5 Å². The van der Waals surface area contributed by atoms with Gasteiger partial charge in [-0.3, -0.25) is 0 Å². The molecule has 1 aromatic heterocycles. The van der Waals surface area contributed by atoms with Gasteiger partial charge >= 0.3 is 230 Å². The summed E-state index contributed by atoms with van der Waals surface area (Å²) in [5, 5.41) is 13.2. The van der Waals surface area contributed by atoms with Gasteiger partial charge in [-0.2, -0.15) is 0 Å². The van der Waals surface area contributed by atoms with E-state index in [1.54, 1.807) is 43.6 Å². The second kappa shape index (κ2) is 9.29. The number of quaternary nitrogens is 1. The monoisotopic (exact) mass is 729 g/mol. The first kappa shape index (κ1) is 25.8. The maximum absolute atomic E-state index is 12.7. The summed E-state index contributed by atoms with van der Waals surface area (Å²) in [6.07, 6.45) is 0. The van der Waals surface area contributed by atoms with E-state index in [1.165, 1.54) is 4.90 Å². The van der Waals surface area contributed by atoms with Gasteiger partial charge in [0.1, 0.15) is 0 Å². The van der Waals surface area contributed by atoms with Crippen LogP contribution in [0.2, 0.25) is 0 Å². The van der Waals surface area contributed by atoms with E-state index in [0.717, 1.165) is 4.88 Å². The summed E-state index contributed by atoms with van der Waals surface area (Å²) in [6, 6.07) is 8.92. The van der Waals surface area contributed by atoms with Crippen molar-refractivity contribution < 1.29 is 39.8 Å². The van der Waals surface area contributed by atoms with Crippen LogP contribution in [0.3, 0.4) is 0 Å². The van der Waals surface area contributed by atoms with Crippen molar-refractivity contribution in [3.05, 3.63) is 46.2 Å². The summed E-state index contributed by atoms with van der Waals surface area (Å²) < 4.78 is 35.5. The molecule has 13 heteroatoms. The molecule has 0 aliphatic carbocycles. The molecule has 184 valence electrons. The number of alkyl halides is 1. The molecular formula is C21H25I2N5O4S2. The fraction of sp³-hybridized carbons (Fsp3) is 0.381. The molecule has 2 aliphatic heterocycles. The van der Waals surface area contributed by atoms with Crippen LogP contribution in [0.25, 0.3) is 0 Å². The van der Waals surface area contributed by atoms with Crippen LogP contribution in [-0.4, -0.2) is 57.3 Å². The number of hydrogen-bond donors (Lipinski definition) is 1. The van der Waals surface area contributed by atoms with Crippen molar-refractivity contribution in [2.75, 3.05) is 14.1 Å². The third kappa shape index (κ3) is 4.37. The van der Waals surface area contributed by atoms with Gasteiger partial charge in [0.2, 0.25) is 0 Å². The van der Waals surface area contributed by atoms with Gasteiger partial charge in [0, 0.05) is 0 Å². The molecular weight excluding hydrogens is 704 g/mol. The summed E-state index contributed by atoms with van der Waals surface area (Å²) in [4.78, 5) is 15.1. The van der Waals surface area contributed by atoms with Gasteiger partial charge in [-0.25, -0.2) is 0 Å². The van der Waals surface area contributed by atoms with Gasteiger partial charge in [-0.1, -0.05) is 0 Å². The predicted molar refractivity (Wildman–Crippen MR) is 139 cm³/mol. The number of benzene rings is 1. The van der Waals surface area contributed by atoms with Crippen LogP contribution in [0.4, 0.5) is 5.69 Å². The molecule has 3 heterocycles. The van der Waals surface area contributed by atoms with Crippen LogP contribution < -0.4 is 24.2 Å². The number of nitrogens with zero attached hydrogens (tertiary/aromatic N) is 5. The average molecular weight is 729 g/mol. The second-order valence-corrected chi connectivity index (χ2v) is 15.6. The Morgan fingerprint density at radius 2 is 1.91 bits per heavy atom. The zero-order valence-corrected chi connectivity index (χ0v) is 25.1. The first-order chi connectivity index (χ1) is 15.9. The van der Waals surface area contributed by atoms with Gasteiger partial charge in [0.15, 0.2) is 0 Å². The third-order valence-electron chi connectivity index (χ3n) is 5.57. The number of aromatic hydroxyl groups is 1. The van der Waals surface area contributed by atoms with Crippen LogP contribution in [0.1, 0.15) is 42.0 Å². The van der Waals surface area contributed by atoms with Gasteiger partial charge in [0.25, 0.3) is 0 Å². The zero-order valence-electron chi connectivity index (χ0n) is 19.2. The number of carbonyl (C=O) groups excluding carboxylic acids is 1. The summed E-state index contributed by atoms with van der Waals surface area (Å²) in [5.41, 5.74) is 0.659. The van der Waals surface area contributed by atoms with Crippen molar-refractivity contribution >= 4 is 67.7 Å². The van der Waals surface area contributed by atoms with Crippen LogP contribution in [0, 0.1) is 5.92 Å². The number of carbonyl (C=O) groups is 1. The quantitative estimate of drug-likeness (QED) is 0.163. The molecule has 4 rings (SSSR count). The van der Waals surface area contributed by atoms with Crippen molar-refractivity contribution in [1.29, 1.82) is 0 Å². The molecule has 1 aromatic carbocycles. The molecule has 0 saturated carbocycles. The molecule has 2 aromatic rings. The van der Waals surface area contributed by atoms with Gasteiger partial charge in [-0.15, -0.1) is 0 Å². The van der Waals surface area contributed by atoms with Crippen LogP contribution >= 0.6 is 34.2 Å². The number of amidine groups is 2. The molecule has 1 amide bonds. The minimum atomic E-state index is -4.07. The maximum atomic E-state index is 12.7. The molecule has 0 radical (unpaired) electrons. The van der Waals surface area contributed by atoms with E-state index in [2.05, 4.69) is 45.5 Å². The Bertz CT molecular complexity index is 1290. The number of phenols is 1. The van der Waals surface area contributed by atoms with Crippen LogP contribution in [-0.2, 0) is 10.2 Å². The fourth-order valence-electron chi connectivity index (χ4n) is 3.93. The van der Waals surface area contributed by atoms with E-state index in [0.29, 0.717) is 11.5 Å². The summed E-state index contributed by atoms with van der Waals surface area (Å²) in [5.74, 6) is 0.289. The SMILES string of the molecule is CC(C)[C@H](c1cccs1)N(I)C1=NS(=O)(=O)N=C1[N+]1(c2cccc(C(=O)N(C)C)c2O)[I-][C@H]1C. The standard InChI is InChI=1S/C21H25I2N5O4S2/c1-12(2)17(16-10-7-11-33-16)27(22)19-20(25-34(31,32)24-19)28(13(3)23-28)15-9-6-8-14(18(15)29)21(30)26(4)5/h6-13,17,29H,1-5H3/t13-,17-,28?/m1/s1. The Morgan fingerprint density at radius 3 is 2.44 bits per heavy atom. The van der Waals surface area contributed by atoms with E-state index in [-0.39, 0.29) is 41.8 Å². The third-order valence-corrected chi connectivity index (χ3v) is 12.1. The first-order valence-corrected chi connectivity index (χ1v) is 15.9. The number of amides is 1. The normalized spacial score (nSPS) is 24.1. The predicted octanol–water partition coefficient (Wildman–Crippen LogP) is 0.931. The van der Waals surface area contributed by atoms with E-state index in [4.69, 9.17) is 0 Å². The molecule has 1 saturated heterocycles. The molecule has 34 heavy (non-hydrogen) atoms. The zero-order chi connectivity index (χ0) is 25.0. The Balaban J connectivity index is 1.84.